The second-order valence-electron chi connectivity index (χ2n) is 7.82. The number of fused-ring (bicyclic) bond motifs is 1. The van der Waals surface area contributed by atoms with Crippen LogP contribution in [-0.2, 0) is 11.2 Å². The lowest BCUT2D eigenvalue weighted by Crippen LogP contribution is -2.49. The highest BCUT2D eigenvalue weighted by atomic mass is 19.1. The minimum Gasteiger partial charge on any atom is -0.469 e. The predicted molar refractivity (Wildman–Crippen MR) is 113 cm³/mol. The molecule has 0 radical (unpaired) electrons. The van der Waals surface area contributed by atoms with Crippen LogP contribution in [0.2, 0.25) is 0 Å². The molecule has 8 heteroatoms. The standard InChI is InChI=1S/C23H22FN5O2/c1-27-9-10-28(22(30)13-19-6-3-11-31-19)15-21(27)23-20-8-7-17(14-29(20)26-25-23)16-4-2-5-18(24)12-16/h2-8,11-12,14,21H,9-10,13,15H2,1H3/t21-/m1/s1. The third-order valence-corrected chi connectivity index (χ3v) is 5.82. The number of carbonyl (C=O) groups excluding carboxylic acids is 1. The van der Waals surface area contributed by atoms with Crippen LogP contribution in [0.4, 0.5) is 4.39 Å². The SMILES string of the molecule is CN1CCN(C(=O)Cc2ccco2)C[C@@H]1c1nnn2cc(-c3cccc(F)c3)ccc12. The average molecular weight is 419 g/mol. The van der Waals surface area contributed by atoms with Crippen molar-refractivity contribution in [3.05, 3.63) is 78.3 Å². The Morgan fingerprint density at radius 2 is 2.06 bits per heavy atom. The second kappa shape index (κ2) is 7.96. The third-order valence-electron chi connectivity index (χ3n) is 5.82. The van der Waals surface area contributed by atoms with Crippen LogP contribution in [0, 0.1) is 5.82 Å². The molecular weight excluding hydrogens is 397 g/mol. The molecule has 0 N–H and O–H groups in total. The van der Waals surface area contributed by atoms with Gasteiger partial charge in [0, 0.05) is 31.4 Å². The molecule has 1 aliphatic heterocycles. The van der Waals surface area contributed by atoms with E-state index in [1.165, 1.54) is 12.1 Å². The summed E-state index contributed by atoms with van der Waals surface area (Å²) in [6, 6.07) is 13.9. The van der Waals surface area contributed by atoms with E-state index in [2.05, 4.69) is 15.2 Å². The molecule has 4 heterocycles. The zero-order valence-corrected chi connectivity index (χ0v) is 17.1. The fourth-order valence-corrected chi connectivity index (χ4v) is 4.06. The van der Waals surface area contributed by atoms with Crippen LogP contribution in [-0.4, -0.2) is 57.2 Å². The van der Waals surface area contributed by atoms with Gasteiger partial charge >= 0.3 is 0 Å². The van der Waals surface area contributed by atoms with E-state index in [0.29, 0.717) is 18.8 Å². The van der Waals surface area contributed by atoms with Crippen LogP contribution in [0.5, 0.6) is 0 Å². The minimum absolute atomic E-state index is 0.0397. The first-order chi connectivity index (χ1) is 15.1. The van der Waals surface area contributed by atoms with Gasteiger partial charge in [-0.2, -0.15) is 0 Å². The van der Waals surface area contributed by atoms with Crippen LogP contribution in [0.25, 0.3) is 16.6 Å². The van der Waals surface area contributed by atoms with Crippen LogP contribution >= 0.6 is 0 Å². The van der Waals surface area contributed by atoms with Crippen molar-refractivity contribution in [1.29, 1.82) is 0 Å². The van der Waals surface area contributed by atoms with Gasteiger partial charge in [-0.15, -0.1) is 5.10 Å². The number of amides is 1. The molecule has 1 aliphatic rings. The number of pyridine rings is 1. The largest absolute Gasteiger partial charge is 0.469 e. The van der Waals surface area contributed by atoms with Crippen molar-refractivity contribution in [3.63, 3.8) is 0 Å². The Hall–Kier alpha value is -3.52. The molecular formula is C23H22FN5O2. The molecule has 0 saturated carbocycles. The highest BCUT2D eigenvalue weighted by molar-refractivity contribution is 5.78. The van der Waals surface area contributed by atoms with Crippen molar-refractivity contribution in [3.8, 4) is 11.1 Å². The first kappa shape index (κ1) is 19.4. The minimum atomic E-state index is -0.278. The number of hydrogen-bond donors (Lipinski definition) is 0. The number of furan rings is 1. The number of likely N-dealkylation sites (N-methyl/N-ethyl adjacent to an activating group) is 1. The van der Waals surface area contributed by atoms with Crippen LogP contribution in [0.1, 0.15) is 17.5 Å². The van der Waals surface area contributed by atoms with Crippen LogP contribution in [0.15, 0.2) is 65.4 Å². The highest BCUT2D eigenvalue weighted by Gasteiger charge is 2.31. The topological polar surface area (TPSA) is 66.9 Å². The number of hydrogen-bond acceptors (Lipinski definition) is 5. The lowest BCUT2D eigenvalue weighted by atomic mass is 10.1. The summed E-state index contributed by atoms with van der Waals surface area (Å²) in [5, 5.41) is 8.73. The highest BCUT2D eigenvalue weighted by Crippen LogP contribution is 2.28. The van der Waals surface area contributed by atoms with E-state index in [-0.39, 0.29) is 24.2 Å². The molecule has 1 atom stereocenters. The Labute approximate surface area is 178 Å². The van der Waals surface area contributed by atoms with Gasteiger partial charge in [-0.25, -0.2) is 8.91 Å². The normalized spacial score (nSPS) is 17.4. The molecule has 0 unspecified atom stereocenters. The van der Waals surface area contributed by atoms with Gasteiger partial charge in [0.05, 0.1) is 24.2 Å². The summed E-state index contributed by atoms with van der Waals surface area (Å²) in [6.07, 6.45) is 3.68. The molecule has 158 valence electrons. The Bertz CT molecular complexity index is 1220. The van der Waals surface area contributed by atoms with Gasteiger partial charge in [0.2, 0.25) is 5.91 Å². The lowest BCUT2D eigenvalue weighted by molar-refractivity contribution is -0.133. The molecule has 3 aromatic heterocycles. The van der Waals surface area contributed by atoms with Gasteiger partial charge in [0.1, 0.15) is 17.3 Å². The zero-order chi connectivity index (χ0) is 21.4. The van der Waals surface area contributed by atoms with Gasteiger partial charge < -0.3 is 9.32 Å². The van der Waals surface area contributed by atoms with E-state index in [9.17, 15) is 9.18 Å². The predicted octanol–water partition coefficient (Wildman–Crippen LogP) is 3.19. The molecule has 1 aromatic carbocycles. The summed E-state index contributed by atoms with van der Waals surface area (Å²) in [5.74, 6) is 0.428. The molecule has 1 fully saturated rings. The number of piperazine rings is 1. The van der Waals surface area contributed by atoms with Gasteiger partial charge in [0.25, 0.3) is 0 Å². The molecule has 0 aliphatic carbocycles. The van der Waals surface area contributed by atoms with Crippen molar-refractivity contribution in [1.82, 2.24) is 24.6 Å². The Morgan fingerprint density at radius 1 is 1.16 bits per heavy atom. The van der Waals surface area contributed by atoms with Crippen molar-refractivity contribution in [2.24, 2.45) is 0 Å². The molecule has 31 heavy (non-hydrogen) atoms. The van der Waals surface area contributed by atoms with E-state index in [1.54, 1.807) is 22.9 Å². The number of rotatable bonds is 4. The number of nitrogens with zero attached hydrogens (tertiary/aromatic N) is 5. The molecule has 0 spiro atoms. The van der Waals surface area contributed by atoms with E-state index in [0.717, 1.165) is 28.9 Å². The summed E-state index contributed by atoms with van der Waals surface area (Å²) >= 11 is 0. The maximum Gasteiger partial charge on any atom is 0.230 e. The maximum absolute atomic E-state index is 13.6. The molecule has 1 saturated heterocycles. The summed E-state index contributed by atoms with van der Waals surface area (Å²) in [6.45, 7) is 1.94. The van der Waals surface area contributed by atoms with Crippen molar-refractivity contribution in [2.45, 2.75) is 12.5 Å². The molecule has 0 bridgehead atoms. The Kier molecular flexibility index (Phi) is 4.99. The van der Waals surface area contributed by atoms with E-state index < -0.39 is 0 Å². The van der Waals surface area contributed by atoms with Gasteiger partial charge in [-0.05, 0) is 42.9 Å². The monoisotopic (exact) mass is 419 g/mol. The van der Waals surface area contributed by atoms with Crippen LogP contribution in [0.3, 0.4) is 0 Å². The summed E-state index contributed by atoms with van der Waals surface area (Å²) in [7, 11) is 2.03. The Balaban J connectivity index is 1.40. The van der Waals surface area contributed by atoms with E-state index >= 15 is 0 Å². The van der Waals surface area contributed by atoms with Crippen molar-refractivity contribution < 1.29 is 13.6 Å². The fraction of sp³-hybridized carbons (Fsp3) is 0.261. The average Bonchev–Trinajstić information content (AvgIpc) is 3.43. The molecule has 4 aromatic rings. The van der Waals surface area contributed by atoms with Crippen molar-refractivity contribution >= 4 is 11.4 Å². The first-order valence-corrected chi connectivity index (χ1v) is 10.2. The number of benzene rings is 1. The van der Waals surface area contributed by atoms with E-state index in [4.69, 9.17) is 4.42 Å². The van der Waals surface area contributed by atoms with Gasteiger partial charge in [-0.3, -0.25) is 9.69 Å². The zero-order valence-electron chi connectivity index (χ0n) is 17.1. The summed E-state index contributed by atoms with van der Waals surface area (Å²) in [5.41, 5.74) is 3.33. The molecule has 7 nitrogen and oxygen atoms in total. The number of halogens is 1. The lowest BCUT2D eigenvalue weighted by Gasteiger charge is -2.38. The molecule has 5 rings (SSSR count). The number of aromatic nitrogens is 3. The fourth-order valence-electron chi connectivity index (χ4n) is 4.06. The second-order valence-corrected chi connectivity index (χ2v) is 7.82. The number of carbonyl (C=O) groups is 1. The van der Waals surface area contributed by atoms with Gasteiger partial charge in [0.15, 0.2) is 0 Å². The first-order valence-electron chi connectivity index (χ1n) is 10.2. The maximum atomic E-state index is 13.6. The van der Waals surface area contributed by atoms with Gasteiger partial charge in [-0.1, -0.05) is 23.4 Å². The van der Waals surface area contributed by atoms with E-state index in [1.807, 2.05) is 42.4 Å². The summed E-state index contributed by atoms with van der Waals surface area (Å²) < 4.78 is 20.6. The third kappa shape index (κ3) is 3.82. The summed E-state index contributed by atoms with van der Waals surface area (Å²) in [4.78, 5) is 16.8. The molecule has 1 amide bonds. The Morgan fingerprint density at radius 3 is 2.87 bits per heavy atom. The smallest absolute Gasteiger partial charge is 0.230 e. The quantitative estimate of drug-likeness (QED) is 0.508. The van der Waals surface area contributed by atoms with Crippen LogP contribution < -0.4 is 0 Å². The van der Waals surface area contributed by atoms with Crippen molar-refractivity contribution in [2.75, 3.05) is 26.7 Å².